The summed E-state index contributed by atoms with van der Waals surface area (Å²) < 4.78 is 5.27. The van der Waals surface area contributed by atoms with Gasteiger partial charge >= 0.3 is 0 Å². The highest BCUT2D eigenvalue weighted by Crippen LogP contribution is 2.13. The standard InChI is InChI=1S/C21H34N4O2.HI/c1-3-22-21(24-14-12-18-9-7-10-19(17-18)27-2)23-13-8-16-25-15-6-4-5-11-20(25)26;/h7,9-10,17H,3-6,8,11-16H2,1-2H3,(H2,22,23,24);1H. The number of nitrogens with zero attached hydrogens (tertiary/aromatic N) is 2. The lowest BCUT2D eigenvalue weighted by atomic mass is 10.1. The molecule has 0 aliphatic carbocycles. The van der Waals surface area contributed by atoms with Crippen LogP contribution < -0.4 is 15.4 Å². The third-order valence-electron chi connectivity index (χ3n) is 4.71. The van der Waals surface area contributed by atoms with Gasteiger partial charge in [0.2, 0.25) is 5.91 Å². The van der Waals surface area contributed by atoms with E-state index in [4.69, 9.17) is 4.74 Å². The number of ether oxygens (including phenoxy) is 1. The number of rotatable bonds is 9. The number of benzene rings is 1. The van der Waals surface area contributed by atoms with Gasteiger partial charge in [-0.2, -0.15) is 0 Å². The molecule has 1 amide bonds. The third kappa shape index (κ3) is 9.12. The molecule has 1 heterocycles. The van der Waals surface area contributed by atoms with Gasteiger partial charge in [0.05, 0.1) is 7.11 Å². The Labute approximate surface area is 186 Å². The molecule has 7 heteroatoms. The molecule has 1 aliphatic heterocycles. The van der Waals surface area contributed by atoms with Gasteiger partial charge in [0, 0.05) is 39.1 Å². The number of hydrogen-bond donors (Lipinski definition) is 2. The Kier molecular flexibility index (Phi) is 12.7. The molecule has 6 nitrogen and oxygen atoms in total. The van der Waals surface area contributed by atoms with E-state index in [0.717, 1.165) is 70.1 Å². The minimum atomic E-state index is 0. The summed E-state index contributed by atoms with van der Waals surface area (Å²) in [5, 5.41) is 6.66. The first-order chi connectivity index (χ1) is 13.2. The first-order valence-electron chi connectivity index (χ1n) is 10.2. The Bertz CT molecular complexity index is 610. The molecule has 0 unspecified atom stereocenters. The number of likely N-dealkylation sites (tertiary alicyclic amines) is 1. The summed E-state index contributed by atoms with van der Waals surface area (Å²) in [6, 6.07) is 8.13. The van der Waals surface area contributed by atoms with Gasteiger partial charge in [-0.05, 0) is 50.3 Å². The zero-order chi connectivity index (χ0) is 19.3. The van der Waals surface area contributed by atoms with Crippen LogP contribution >= 0.6 is 24.0 Å². The van der Waals surface area contributed by atoms with Crippen LogP contribution in [0.5, 0.6) is 5.75 Å². The molecule has 0 aromatic heterocycles. The second-order valence-corrected chi connectivity index (χ2v) is 6.83. The van der Waals surface area contributed by atoms with Crippen molar-refractivity contribution in [1.29, 1.82) is 0 Å². The van der Waals surface area contributed by atoms with E-state index in [1.165, 1.54) is 12.0 Å². The fraction of sp³-hybridized carbons (Fsp3) is 0.619. The largest absolute Gasteiger partial charge is 0.497 e. The van der Waals surface area contributed by atoms with Crippen LogP contribution in [0, 0.1) is 0 Å². The normalized spacial score (nSPS) is 14.9. The van der Waals surface area contributed by atoms with Crippen molar-refractivity contribution in [1.82, 2.24) is 15.5 Å². The van der Waals surface area contributed by atoms with Gasteiger partial charge in [0.25, 0.3) is 0 Å². The number of guanidine groups is 1. The van der Waals surface area contributed by atoms with E-state index in [-0.39, 0.29) is 24.0 Å². The Balaban J connectivity index is 0.00000392. The smallest absolute Gasteiger partial charge is 0.222 e. The zero-order valence-corrected chi connectivity index (χ0v) is 19.5. The van der Waals surface area contributed by atoms with E-state index in [2.05, 4.69) is 34.7 Å². The molecule has 0 radical (unpaired) electrons. The second kappa shape index (κ2) is 14.5. The number of nitrogens with one attached hydrogen (secondary N) is 2. The number of amides is 1. The van der Waals surface area contributed by atoms with Crippen LogP contribution in [0.3, 0.4) is 0 Å². The summed E-state index contributed by atoms with van der Waals surface area (Å²) in [6.45, 7) is 6.14. The van der Waals surface area contributed by atoms with Crippen molar-refractivity contribution in [3.63, 3.8) is 0 Å². The number of carbonyl (C=O) groups excluding carboxylic acids is 1. The lowest BCUT2D eigenvalue weighted by molar-refractivity contribution is -0.130. The molecule has 1 fully saturated rings. The van der Waals surface area contributed by atoms with E-state index in [1.807, 2.05) is 17.0 Å². The first kappa shape index (κ1) is 24.5. The molecule has 0 saturated carbocycles. The van der Waals surface area contributed by atoms with Gasteiger partial charge in [0.15, 0.2) is 5.96 Å². The number of carbonyl (C=O) groups is 1. The minimum absolute atomic E-state index is 0. The summed E-state index contributed by atoms with van der Waals surface area (Å²) in [5.74, 6) is 2.03. The molecule has 0 atom stereocenters. The van der Waals surface area contributed by atoms with Crippen molar-refractivity contribution in [2.24, 2.45) is 4.99 Å². The molecular formula is C21H35IN4O2. The lowest BCUT2D eigenvalue weighted by Gasteiger charge is -2.20. The third-order valence-corrected chi connectivity index (χ3v) is 4.71. The SMILES string of the molecule is CCNC(=NCCCN1CCCCCC1=O)NCCc1cccc(OC)c1.I. The molecule has 28 heavy (non-hydrogen) atoms. The lowest BCUT2D eigenvalue weighted by Crippen LogP contribution is -2.38. The number of aliphatic imine (C=N–C) groups is 1. The van der Waals surface area contributed by atoms with Crippen LogP contribution in [0.1, 0.15) is 44.6 Å². The van der Waals surface area contributed by atoms with Crippen LogP contribution in [0.2, 0.25) is 0 Å². The maximum Gasteiger partial charge on any atom is 0.222 e. The molecule has 1 aromatic rings. The Morgan fingerprint density at radius 3 is 2.89 bits per heavy atom. The fourth-order valence-corrected chi connectivity index (χ4v) is 3.22. The van der Waals surface area contributed by atoms with E-state index >= 15 is 0 Å². The summed E-state index contributed by atoms with van der Waals surface area (Å²) in [6.07, 6.45) is 5.85. The molecule has 1 aliphatic rings. The average molecular weight is 502 g/mol. The van der Waals surface area contributed by atoms with Gasteiger partial charge < -0.3 is 20.3 Å². The highest BCUT2D eigenvalue weighted by molar-refractivity contribution is 14.0. The first-order valence-corrected chi connectivity index (χ1v) is 10.2. The van der Waals surface area contributed by atoms with Crippen molar-refractivity contribution in [3.8, 4) is 5.75 Å². The van der Waals surface area contributed by atoms with Crippen LogP contribution in [0.25, 0.3) is 0 Å². The van der Waals surface area contributed by atoms with Crippen LogP contribution in [-0.2, 0) is 11.2 Å². The van der Waals surface area contributed by atoms with Crippen LogP contribution in [0.15, 0.2) is 29.3 Å². The summed E-state index contributed by atoms with van der Waals surface area (Å²) in [7, 11) is 1.69. The number of halogens is 1. The summed E-state index contributed by atoms with van der Waals surface area (Å²) >= 11 is 0. The second-order valence-electron chi connectivity index (χ2n) is 6.83. The van der Waals surface area contributed by atoms with Gasteiger partial charge in [-0.15, -0.1) is 24.0 Å². The highest BCUT2D eigenvalue weighted by atomic mass is 127. The van der Waals surface area contributed by atoms with Crippen molar-refractivity contribution in [3.05, 3.63) is 29.8 Å². The van der Waals surface area contributed by atoms with Gasteiger partial charge in [-0.3, -0.25) is 9.79 Å². The maximum absolute atomic E-state index is 12.0. The summed E-state index contributed by atoms with van der Waals surface area (Å²) in [4.78, 5) is 18.7. The van der Waals surface area contributed by atoms with E-state index in [0.29, 0.717) is 12.3 Å². The van der Waals surface area contributed by atoms with Gasteiger partial charge in [0.1, 0.15) is 5.75 Å². The average Bonchev–Trinajstić information content (AvgIpc) is 2.89. The van der Waals surface area contributed by atoms with Crippen molar-refractivity contribution in [2.75, 3.05) is 39.8 Å². The number of methoxy groups -OCH3 is 1. The fourth-order valence-electron chi connectivity index (χ4n) is 3.22. The summed E-state index contributed by atoms with van der Waals surface area (Å²) in [5.41, 5.74) is 1.23. The Morgan fingerprint density at radius 1 is 1.25 bits per heavy atom. The monoisotopic (exact) mass is 502 g/mol. The Morgan fingerprint density at radius 2 is 2.11 bits per heavy atom. The topological polar surface area (TPSA) is 66.0 Å². The van der Waals surface area contributed by atoms with Gasteiger partial charge in [-0.25, -0.2) is 0 Å². The maximum atomic E-state index is 12.0. The quantitative estimate of drug-likeness (QED) is 0.236. The molecular weight excluding hydrogens is 467 g/mol. The molecule has 0 spiro atoms. The van der Waals surface area contributed by atoms with Crippen LogP contribution in [-0.4, -0.2) is 56.6 Å². The van der Waals surface area contributed by atoms with E-state index < -0.39 is 0 Å². The predicted octanol–water partition coefficient (Wildman–Crippen LogP) is 3.20. The van der Waals surface area contributed by atoms with Crippen molar-refractivity contribution >= 4 is 35.8 Å². The van der Waals surface area contributed by atoms with E-state index in [9.17, 15) is 4.79 Å². The molecule has 2 rings (SSSR count). The Hall–Kier alpha value is -1.51. The van der Waals surface area contributed by atoms with Crippen molar-refractivity contribution < 1.29 is 9.53 Å². The van der Waals surface area contributed by atoms with E-state index in [1.54, 1.807) is 7.11 Å². The molecule has 158 valence electrons. The molecule has 1 aromatic carbocycles. The van der Waals surface area contributed by atoms with Gasteiger partial charge in [-0.1, -0.05) is 18.6 Å². The van der Waals surface area contributed by atoms with Crippen LogP contribution in [0.4, 0.5) is 0 Å². The minimum Gasteiger partial charge on any atom is -0.497 e. The predicted molar refractivity (Wildman–Crippen MR) is 126 cm³/mol. The highest BCUT2D eigenvalue weighted by Gasteiger charge is 2.15. The molecule has 0 bridgehead atoms. The zero-order valence-electron chi connectivity index (χ0n) is 17.2. The number of hydrogen-bond acceptors (Lipinski definition) is 3. The van der Waals surface area contributed by atoms with Crippen molar-refractivity contribution in [2.45, 2.75) is 45.4 Å². The molecule has 2 N–H and O–H groups in total. The molecule has 1 saturated heterocycles.